The Morgan fingerprint density at radius 1 is 1.06 bits per heavy atom. The molecule has 1 unspecified atom stereocenters. The van der Waals surface area contributed by atoms with Crippen LogP contribution in [0.4, 0.5) is 11.4 Å². The summed E-state index contributed by atoms with van der Waals surface area (Å²) in [4.78, 5) is 20.4. The van der Waals surface area contributed by atoms with Gasteiger partial charge in [0, 0.05) is 43.6 Å². The zero-order valence-electron chi connectivity index (χ0n) is 18.5. The van der Waals surface area contributed by atoms with Crippen molar-refractivity contribution in [3.8, 4) is 22.9 Å². The molecule has 0 radical (unpaired) electrons. The Kier molecular flexibility index (Phi) is 5.65. The molecule has 3 heterocycles. The van der Waals surface area contributed by atoms with Gasteiger partial charge < -0.3 is 25.4 Å². The molecule has 2 aromatic heterocycles. The van der Waals surface area contributed by atoms with E-state index in [0.29, 0.717) is 46.1 Å². The van der Waals surface area contributed by atoms with E-state index in [2.05, 4.69) is 25.2 Å². The summed E-state index contributed by atoms with van der Waals surface area (Å²) in [6.45, 7) is 2.68. The van der Waals surface area contributed by atoms with Crippen LogP contribution in [0.2, 0.25) is 0 Å². The number of piperazine rings is 1. The highest BCUT2D eigenvalue weighted by atomic mass is 16.5. The number of nitrogens with two attached hydrogens (primary N) is 1. The van der Waals surface area contributed by atoms with Gasteiger partial charge in [-0.05, 0) is 24.8 Å². The summed E-state index contributed by atoms with van der Waals surface area (Å²) in [5, 5.41) is 3.58. The number of rotatable bonds is 5. The fraction of sp³-hybridized carbons (Fsp3) is 0.478. The lowest BCUT2D eigenvalue weighted by Gasteiger charge is -2.42. The number of nitrogens with one attached hydrogen (secondary N) is 1. The van der Waals surface area contributed by atoms with Crippen molar-refractivity contribution in [3.05, 3.63) is 24.7 Å². The lowest BCUT2D eigenvalue weighted by atomic mass is 9.93. The van der Waals surface area contributed by atoms with Crippen molar-refractivity contribution in [3.63, 3.8) is 0 Å². The summed E-state index contributed by atoms with van der Waals surface area (Å²) in [6, 6.07) is 2.24. The highest BCUT2D eigenvalue weighted by Gasteiger charge is 2.36. The minimum absolute atomic E-state index is 0.354. The second-order valence-electron chi connectivity index (χ2n) is 8.40. The molecule has 1 atom stereocenters. The molecule has 1 saturated carbocycles. The maximum absolute atomic E-state index is 6.39. The van der Waals surface area contributed by atoms with E-state index in [1.165, 1.54) is 25.7 Å². The van der Waals surface area contributed by atoms with Gasteiger partial charge in [-0.25, -0.2) is 19.9 Å². The highest BCUT2D eigenvalue weighted by molar-refractivity contribution is 5.89. The molecule has 9 heteroatoms. The normalized spacial score (nSPS) is 19.4. The summed E-state index contributed by atoms with van der Waals surface area (Å²) in [5.41, 5.74) is 9.82. The Morgan fingerprint density at radius 2 is 1.84 bits per heavy atom. The molecule has 0 amide bonds. The molecule has 3 aromatic rings. The lowest BCUT2D eigenvalue weighted by Crippen LogP contribution is -2.54. The summed E-state index contributed by atoms with van der Waals surface area (Å²) < 4.78 is 11.6. The van der Waals surface area contributed by atoms with Gasteiger partial charge in [-0.15, -0.1) is 0 Å². The van der Waals surface area contributed by atoms with Crippen LogP contribution in [0.15, 0.2) is 24.7 Å². The number of hydrogen-bond donors (Lipinski definition) is 2. The van der Waals surface area contributed by atoms with E-state index in [4.69, 9.17) is 20.2 Å². The zero-order chi connectivity index (χ0) is 22.1. The van der Waals surface area contributed by atoms with Gasteiger partial charge >= 0.3 is 0 Å². The molecule has 1 saturated heterocycles. The van der Waals surface area contributed by atoms with E-state index in [0.717, 1.165) is 30.9 Å². The SMILES string of the molecule is COc1c(N)cc(-c2ncc3nccnc3n2)c(N2CCNCC2C2CCCC2)c1OC. The third kappa shape index (κ3) is 3.56. The highest BCUT2D eigenvalue weighted by Crippen LogP contribution is 2.49. The van der Waals surface area contributed by atoms with Crippen LogP contribution in [0.3, 0.4) is 0 Å². The number of fused-ring (bicyclic) bond motifs is 1. The van der Waals surface area contributed by atoms with Gasteiger partial charge in [-0.3, -0.25) is 0 Å². The molecule has 2 fully saturated rings. The number of ether oxygens (including phenoxy) is 2. The Labute approximate surface area is 187 Å². The van der Waals surface area contributed by atoms with Crippen molar-refractivity contribution >= 4 is 22.5 Å². The van der Waals surface area contributed by atoms with Gasteiger partial charge in [0.25, 0.3) is 0 Å². The van der Waals surface area contributed by atoms with Gasteiger partial charge in [-0.1, -0.05) is 12.8 Å². The predicted molar refractivity (Wildman–Crippen MR) is 124 cm³/mol. The third-order valence-electron chi connectivity index (χ3n) is 6.63. The topological polar surface area (TPSA) is 111 Å². The van der Waals surface area contributed by atoms with Crippen molar-refractivity contribution < 1.29 is 9.47 Å². The number of anilines is 2. The molecule has 0 spiro atoms. The smallest absolute Gasteiger partial charge is 0.187 e. The van der Waals surface area contributed by atoms with Crippen molar-refractivity contribution in [2.24, 2.45) is 5.92 Å². The van der Waals surface area contributed by atoms with Crippen LogP contribution in [0.25, 0.3) is 22.6 Å². The van der Waals surface area contributed by atoms with Gasteiger partial charge in [-0.2, -0.15) is 0 Å². The summed E-state index contributed by atoms with van der Waals surface area (Å²) in [7, 11) is 3.27. The summed E-state index contributed by atoms with van der Waals surface area (Å²) in [5.74, 6) is 2.34. The summed E-state index contributed by atoms with van der Waals surface area (Å²) in [6.07, 6.45) is 10.0. The molecule has 5 rings (SSSR count). The van der Waals surface area contributed by atoms with Crippen molar-refractivity contribution in [1.29, 1.82) is 0 Å². The first-order valence-corrected chi connectivity index (χ1v) is 11.2. The van der Waals surface area contributed by atoms with Crippen LogP contribution in [-0.2, 0) is 0 Å². The van der Waals surface area contributed by atoms with Crippen LogP contribution in [0, 0.1) is 5.92 Å². The largest absolute Gasteiger partial charge is 0.491 e. The van der Waals surface area contributed by atoms with Crippen LogP contribution in [0.1, 0.15) is 25.7 Å². The van der Waals surface area contributed by atoms with Gasteiger partial charge in [0.2, 0.25) is 0 Å². The molecule has 1 aliphatic heterocycles. The second kappa shape index (κ2) is 8.74. The van der Waals surface area contributed by atoms with Crippen LogP contribution in [-0.4, -0.2) is 59.8 Å². The first kappa shape index (κ1) is 20.7. The first-order chi connectivity index (χ1) is 15.7. The molecule has 9 nitrogen and oxygen atoms in total. The predicted octanol–water partition coefficient (Wildman–Crippen LogP) is 2.65. The fourth-order valence-corrected chi connectivity index (χ4v) is 5.17. The number of nitrogen functional groups attached to an aromatic ring is 1. The third-order valence-corrected chi connectivity index (χ3v) is 6.63. The monoisotopic (exact) mass is 435 g/mol. The average Bonchev–Trinajstić information content (AvgIpc) is 3.38. The zero-order valence-corrected chi connectivity index (χ0v) is 18.5. The number of methoxy groups -OCH3 is 2. The van der Waals surface area contributed by atoms with E-state index < -0.39 is 0 Å². The minimum Gasteiger partial charge on any atom is -0.491 e. The summed E-state index contributed by atoms with van der Waals surface area (Å²) >= 11 is 0. The number of benzene rings is 1. The van der Waals surface area contributed by atoms with Crippen LogP contribution >= 0.6 is 0 Å². The fourth-order valence-electron chi connectivity index (χ4n) is 5.17. The standard InChI is InChI=1S/C23H29N7O2/c1-31-20-16(24)11-15(22-28-12-17-23(29-22)27-8-7-26-17)19(21(20)32-2)30-10-9-25-13-18(30)14-5-3-4-6-14/h7-8,11-12,14,18,25H,3-6,9-10,13,24H2,1-2H3. The maximum atomic E-state index is 6.39. The molecule has 1 aromatic carbocycles. The van der Waals surface area contributed by atoms with E-state index >= 15 is 0 Å². The number of nitrogens with zero attached hydrogens (tertiary/aromatic N) is 5. The second-order valence-corrected chi connectivity index (χ2v) is 8.40. The molecule has 1 aliphatic carbocycles. The van der Waals surface area contributed by atoms with Gasteiger partial charge in [0.1, 0.15) is 5.52 Å². The number of aromatic nitrogens is 4. The van der Waals surface area contributed by atoms with E-state index in [-0.39, 0.29) is 0 Å². The van der Waals surface area contributed by atoms with Gasteiger partial charge in [0.15, 0.2) is 23.0 Å². The molecule has 0 bridgehead atoms. The maximum Gasteiger partial charge on any atom is 0.187 e. The molecule has 2 aliphatic rings. The Hall–Kier alpha value is -3.20. The Balaban J connectivity index is 1.71. The molecule has 168 valence electrons. The molecular weight excluding hydrogens is 406 g/mol. The first-order valence-electron chi connectivity index (χ1n) is 11.2. The Morgan fingerprint density at radius 3 is 2.62 bits per heavy atom. The number of hydrogen-bond acceptors (Lipinski definition) is 9. The average molecular weight is 436 g/mol. The van der Waals surface area contributed by atoms with Crippen molar-refractivity contribution in [2.75, 3.05) is 44.5 Å². The molecule has 3 N–H and O–H groups in total. The minimum atomic E-state index is 0.354. The van der Waals surface area contributed by atoms with E-state index in [1.54, 1.807) is 32.8 Å². The van der Waals surface area contributed by atoms with Gasteiger partial charge in [0.05, 0.1) is 31.8 Å². The molecule has 32 heavy (non-hydrogen) atoms. The van der Waals surface area contributed by atoms with E-state index in [9.17, 15) is 0 Å². The van der Waals surface area contributed by atoms with Crippen LogP contribution < -0.4 is 25.4 Å². The van der Waals surface area contributed by atoms with Crippen molar-refractivity contribution in [1.82, 2.24) is 25.3 Å². The lowest BCUT2D eigenvalue weighted by molar-refractivity contribution is 0.338. The molecular formula is C23H29N7O2. The van der Waals surface area contributed by atoms with Crippen molar-refractivity contribution in [2.45, 2.75) is 31.7 Å². The Bertz CT molecular complexity index is 1120. The quantitative estimate of drug-likeness (QED) is 0.584. The van der Waals surface area contributed by atoms with Crippen LogP contribution in [0.5, 0.6) is 11.5 Å². The van der Waals surface area contributed by atoms with E-state index in [1.807, 2.05) is 6.07 Å².